The smallest absolute Gasteiger partial charge is 0.417 e. The van der Waals surface area contributed by atoms with Crippen molar-refractivity contribution in [2.24, 2.45) is 0 Å². The van der Waals surface area contributed by atoms with Crippen LogP contribution in [-0.4, -0.2) is 26.2 Å². The average Bonchev–Trinajstić information content (AvgIpc) is 3.30. The molecule has 4 rings (SSSR count). The van der Waals surface area contributed by atoms with Crippen LogP contribution < -0.4 is 15.4 Å². The molecule has 0 aliphatic carbocycles. The van der Waals surface area contributed by atoms with Crippen LogP contribution in [0.5, 0.6) is 11.6 Å². The van der Waals surface area contributed by atoms with E-state index >= 15 is 0 Å². The molecule has 0 saturated heterocycles. The third-order valence-corrected chi connectivity index (χ3v) is 4.35. The molecule has 4 aromatic rings. The Hall–Kier alpha value is -4.19. The third kappa shape index (κ3) is 5.54. The van der Waals surface area contributed by atoms with Crippen LogP contribution in [0.15, 0.2) is 65.5 Å². The molecule has 2 aromatic carbocycles. The number of benzene rings is 2. The Labute approximate surface area is 188 Å². The molecule has 0 radical (unpaired) electrons. The molecule has 9 nitrogen and oxygen atoms in total. The van der Waals surface area contributed by atoms with E-state index in [1.165, 1.54) is 24.4 Å². The fraction of sp³-hybridized carbons (Fsp3) is 0.0500. The van der Waals surface area contributed by atoms with Gasteiger partial charge in [-0.25, -0.2) is 9.78 Å². The van der Waals surface area contributed by atoms with Crippen molar-refractivity contribution in [2.75, 3.05) is 10.6 Å². The van der Waals surface area contributed by atoms with Crippen LogP contribution in [0.3, 0.4) is 0 Å². The minimum Gasteiger partial charge on any atom is -0.439 e. The molecule has 2 aromatic heterocycles. The highest BCUT2D eigenvalue weighted by molar-refractivity contribution is 6.31. The Morgan fingerprint density at radius 1 is 1.06 bits per heavy atom. The number of aromatic nitrogens is 4. The highest BCUT2D eigenvalue weighted by Crippen LogP contribution is 2.36. The minimum absolute atomic E-state index is 0.0776. The first-order chi connectivity index (χ1) is 15.8. The summed E-state index contributed by atoms with van der Waals surface area (Å²) in [5.74, 6) is 0.790. The second-order valence-corrected chi connectivity index (χ2v) is 6.77. The summed E-state index contributed by atoms with van der Waals surface area (Å²) in [6.45, 7) is 0. The summed E-state index contributed by atoms with van der Waals surface area (Å²) < 4.78 is 49.7. The summed E-state index contributed by atoms with van der Waals surface area (Å²) in [5, 5.41) is 11.6. The molecule has 0 saturated carbocycles. The molecule has 0 unspecified atom stereocenters. The van der Waals surface area contributed by atoms with Gasteiger partial charge in [-0.15, -0.1) is 10.2 Å². The topological polar surface area (TPSA) is 115 Å². The quantitative estimate of drug-likeness (QED) is 0.383. The van der Waals surface area contributed by atoms with Crippen molar-refractivity contribution >= 4 is 29.0 Å². The zero-order chi connectivity index (χ0) is 23.4. The van der Waals surface area contributed by atoms with Crippen molar-refractivity contribution in [3.05, 3.63) is 71.7 Å². The van der Waals surface area contributed by atoms with Crippen LogP contribution in [0.4, 0.5) is 29.3 Å². The normalized spacial score (nSPS) is 11.2. The summed E-state index contributed by atoms with van der Waals surface area (Å²) in [6, 6.07) is 10.1. The molecule has 2 N–H and O–H groups in total. The maximum Gasteiger partial charge on any atom is 0.417 e. The van der Waals surface area contributed by atoms with Gasteiger partial charge in [0.15, 0.2) is 0 Å². The van der Waals surface area contributed by atoms with E-state index in [0.29, 0.717) is 11.4 Å². The fourth-order valence-corrected chi connectivity index (χ4v) is 2.87. The first-order valence-electron chi connectivity index (χ1n) is 9.10. The number of anilines is 2. The number of alkyl halides is 3. The number of ether oxygens (including phenoxy) is 1. The number of rotatable bonds is 5. The Morgan fingerprint density at radius 3 is 2.58 bits per heavy atom. The number of hydrogen-bond acceptors (Lipinski definition) is 7. The van der Waals surface area contributed by atoms with Crippen molar-refractivity contribution < 1.29 is 27.1 Å². The van der Waals surface area contributed by atoms with Crippen LogP contribution >= 0.6 is 11.6 Å². The number of amides is 2. The van der Waals surface area contributed by atoms with Gasteiger partial charge in [0.25, 0.3) is 5.89 Å². The molecular formula is C20H12ClF3N6O3. The molecule has 0 spiro atoms. The van der Waals surface area contributed by atoms with Gasteiger partial charge in [0, 0.05) is 29.7 Å². The molecule has 0 atom stereocenters. The van der Waals surface area contributed by atoms with E-state index in [-0.39, 0.29) is 23.3 Å². The minimum atomic E-state index is -4.65. The number of nitrogens with zero attached hydrogens (tertiary/aromatic N) is 4. The summed E-state index contributed by atoms with van der Waals surface area (Å²) in [4.78, 5) is 20.4. The Morgan fingerprint density at radius 2 is 1.85 bits per heavy atom. The van der Waals surface area contributed by atoms with Gasteiger partial charge in [0.2, 0.25) is 18.1 Å². The maximum atomic E-state index is 13.0. The maximum absolute atomic E-state index is 13.0. The van der Waals surface area contributed by atoms with Crippen LogP contribution in [0.1, 0.15) is 5.56 Å². The lowest BCUT2D eigenvalue weighted by Crippen LogP contribution is -2.20. The third-order valence-electron chi connectivity index (χ3n) is 4.03. The molecule has 0 aliphatic heterocycles. The van der Waals surface area contributed by atoms with E-state index in [9.17, 15) is 18.0 Å². The van der Waals surface area contributed by atoms with E-state index in [2.05, 4.69) is 30.8 Å². The van der Waals surface area contributed by atoms with Crippen LogP contribution in [-0.2, 0) is 6.18 Å². The molecule has 0 bridgehead atoms. The molecule has 0 fully saturated rings. The van der Waals surface area contributed by atoms with Crippen LogP contribution in [0, 0.1) is 0 Å². The second kappa shape index (κ2) is 9.12. The molecule has 0 aliphatic rings. The van der Waals surface area contributed by atoms with Crippen molar-refractivity contribution in [3.63, 3.8) is 0 Å². The van der Waals surface area contributed by atoms with E-state index in [0.717, 1.165) is 18.5 Å². The number of halogens is 4. The predicted molar refractivity (Wildman–Crippen MR) is 111 cm³/mol. The molecule has 2 amide bonds. The van der Waals surface area contributed by atoms with Gasteiger partial charge in [0.05, 0.1) is 10.6 Å². The first-order valence-corrected chi connectivity index (χ1v) is 9.48. The van der Waals surface area contributed by atoms with Crippen molar-refractivity contribution in [2.45, 2.75) is 6.18 Å². The zero-order valence-corrected chi connectivity index (χ0v) is 17.1. The number of hydrogen-bond donors (Lipinski definition) is 2. The van der Waals surface area contributed by atoms with Crippen molar-refractivity contribution in [1.29, 1.82) is 0 Å². The second-order valence-electron chi connectivity index (χ2n) is 6.36. The van der Waals surface area contributed by atoms with Gasteiger partial charge in [-0.1, -0.05) is 17.7 Å². The largest absolute Gasteiger partial charge is 0.439 e. The Kier molecular flexibility index (Phi) is 6.09. The van der Waals surface area contributed by atoms with Crippen LogP contribution in [0.25, 0.3) is 11.7 Å². The lowest BCUT2D eigenvalue weighted by Gasteiger charge is -2.13. The number of carbonyl (C=O) groups excluding carboxylic acids is 1. The molecule has 168 valence electrons. The standard InChI is InChI=1S/C20H12ClF3N6O3/c21-15-5-4-12(9-14(15)20(22,23)24)28-19(31)27-11-2-1-3-13(8-11)33-16-6-7-25-17(29-16)18-30-26-10-32-18/h1-10H,(H2,27,28,31). The van der Waals surface area contributed by atoms with Gasteiger partial charge in [-0.3, -0.25) is 0 Å². The Bertz CT molecular complexity index is 1280. The van der Waals surface area contributed by atoms with Gasteiger partial charge < -0.3 is 19.8 Å². The lowest BCUT2D eigenvalue weighted by atomic mass is 10.2. The average molecular weight is 477 g/mol. The van der Waals surface area contributed by atoms with Gasteiger partial charge in [-0.2, -0.15) is 18.2 Å². The monoisotopic (exact) mass is 476 g/mol. The molecule has 13 heteroatoms. The van der Waals surface area contributed by atoms with Crippen molar-refractivity contribution in [1.82, 2.24) is 20.2 Å². The number of urea groups is 1. The summed E-state index contributed by atoms with van der Waals surface area (Å²) in [7, 11) is 0. The van der Waals surface area contributed by atoms with E-state index in [4.69, 9.17) is 20.8 Å². The van der Waals surface area contributed by atoms with Crippen LogP contribution in [0.2, 0.25) is 5.02 Å². The summed E-state index contributed by atoms with van der Waals surface area (Å²) in [5.41, 5.74) is -0.811. The van der Waals surface area contributed by atoms with Gasteiger partial charge in [-0.05, 0) is 30.3 Å². The zero-order valence-electron chi connectivity index (χ0n) is 16.3. The number of carbonyl (C=O) groups is 1. The highest BCUT2D eigenvalue weighted by Gasteiger charge is 2.33. The van der Waals surface area contributed by atoms with Crippen molar-refractivity contribution in [3.8, 4) is 23.3 Å². The number of nitrogens with one attached hydrogen (secondary N) is 2. The SMILES string of the molecule is O=C(Nc1cccc(Oc2ccnc(-c3nnco3)n2)c1)Nc1ccc(Cl)c(C(F)(F)F)c1. The highest BCUT2D eigenvalue weighted by atomic mass is 35.5. The molecular weight excluding hydrogens is 465 g/mol. The fourth-order valence-electron chi connectivity index (χ4n) is 2.64. The summed E-state index contributed by atoms with van der Waals surface area (Å²) in [6.07, 6.45) is -2.07. The lowest BCUT2D eigenvalue weighted by molar-refractivity contribution is -0.137. The molecule has 33 heavy (non-hydrogen) atoms. The first kappa shape index (κ1) is 22.0. The van der Waals surface area contributed by atoms with E-state index < -0.39 is 22.8 Å². The Balaban J connectivity index is 1.44. The summed E-state index contributed by atoms with van der Waals surface area (Å²) >= 11 is 5.59. The predicted octanol–water partition coefficient (Wildman–Crippen LogP) is 5.64. The van der Waals surface area contributed by atoms with Gasteiger partial charge >= 0.3 is 12.2 Å². The van der Waals surface area contributed by atoms with E-state index in [1.54, 1.807) is 18.2 Å². The van der Waals surface area contributed by atoms with Gasteiger partial charge in [0.1, 0.15) is 5.75 Å². The van der Waals surface area contributed by atoms with E-state index in [1.807, 2.05) is 0 Å². The molecule has 2 heterocycles.